The SMILES string of the molecule is Cc1ccc(CN(C)C(=O)CN(C)C(CN)C2CC2)o1. The standard InChI is InChI=1S/C15H25N3O2/c1-11-4-7-13(20-11)9-18(3)15(19)10-17(2)14(8-16)12-5-6-12/h4,7,12,14H,5-6,8-10,16H2,1-3H3. The molecule has 1 saturated carbocycles. The lowest BCUT2D eigenvalue weighted by atomic mass is 10.1. The average molecular weight is 279 g/mol. The normalized spacial score (nSPS) is 16.4. The van der Waals surface area contributed by atoms with Crippen molar-refractivity contribution in [1.82, 2.24) is 9.80 Å². The summed E-state index contributed by atoms with van der Waals surface area (Å²) in [5.41, 5.74) is 5.81. The highest BCUT2D eigenvalue weighted by Gasteiger charge is 2.33. The molecular formula is C15H25N3O2. The van der Waals surface area contributed by atoms with Crippen LogP contribution in [0.3, 0.4) is 0 Å². The molecule has 1 aromatic heterocycles. The maximum atomic E-state index is 12.2. The first-order chi connectivity index (χ1) is 9.51. The Labute approximate surface area is 120 Å². The molecule has 1 aliphatic carbocycles. The number of carbonyl (C=O) groups excluding carboxylic acids is 1. The van der Waals surface area contributed by atoms with E-state index in [2.05, 4.69) is 4.90 Å². The van der Waals surface area contributed by atoms with E-state index in [1.54, 1.807) is 4.90 Å². The lowest BCUT2D eigenvalue weighted by molar-refractivity contribution is -0.132. The lowest BCUT2D eigenvalue weighted by Gasteiger charge is -2.28. The van der Waals surface area contributed by atoms with Crippen molar-refractivity contribution in [1.29, 1.82) is 0 Å². The number of hydrogen-bond donors (Lipinski definition) is 1. The van der Waals surface area contributed by atoms with Gasteiger partial charge in [-0.1, -0.05) is 0 Å². The number of furan rings is 1. The summed E-state index contributed by atoms with van der Waals surface area (Å²) in [5.74, 6) is 2.46. The zero-order valence-corrected chi connectivity index (χ0v) is 12.6. The second kappa shape index (κ2) is 6.41. The van der Waals surface area contributed by atoms with Crippen LogP contribution in [0.15, 0.2) is 16.5 Å². The van der Waals surface area contributed by atoms with Gasteiger partial charge in [-0.25, -0.2) is 0 Å². The number of rotatable bonds is 7. The monoisotopic (exact) mass is 279 g/mol. The van der Waals surface area contributed by atoms with Crippen LogP contribution in [0.25, 0.3) is 0 Å². The van der Waals surface area contributed by atoms with Crippen LogP contribution in [0.4, 0.5) is 0 Å². The van der Waals surface area contributed by atoms with Gasteiger partial charge in [-0.05, 0) is 44.9 Å². The molecule has 1 aliphatic rings. The van der Waals surface area contributed by atoms with Crippen LogP contribution in [-0.2, 0) is 11.3 Å². The van der Waals surface area contributed by atoms with Crippen molar-refractivity contribution >= 4 is 5.91 Å². The molecule has 0 radical (unpaired) electrons. The van der Waals surface area contributed by atoms with E-state index in [4.69, 9.17) is 10.2 Å². The van der Waals surface area contributed by atoms with Crippen LogP contribution >= 0.6 is 0 Å². The molecule has 0 bridgehead atoms. The highest BCUT2D eigenvalue weighted by Crippen LogP contribution is 2.34. The van der Waals surface area contributed by atoms with Gasteiger partial charge in [0.1, 0.15) is 11.5 Å². The molecule has 0 aliphatic heterocycles. The predicted octanol–water partition coefficient (Wildman–Crippen LogP) is 1.22. The summed E-state index contributed by atoms with van der Waals surface area (Å²) < 4.78 is 5.50. The molecule has 0 spiro atoms. The lowest BCUT2D eigenvalue weighted by Crippen LogP contribution is -2.45. The van der Waals surface area contributed by atoms with Crippen LogP contribution in [-0.4, -0.2) is 48.9 Å². The average Bonchev–Trinajstić information content (AvgIpc) is 3.14. The van der Waals surface area contributed by atoms with Gasteiger partial charge in [-0.3, -0.25) is 9.69 Å². The number of nitrogens with two attached hydrogens (primary N) is 1. The van der Waals surface area contributed by atoms with E-state index in [0.717, 1.165) is 11.5 Å². The van der Waals surface area contributed by atoms with Crippen LogP contribution in [0.5, 0.6) is 0 Å². The molecule has 20 heavy (non-hydrogen) atoms. The van der Waals surface area contributed by atoms with E-state index in [9.17, 15) is 4.79 Å². The second-order valence-electron chi connectivity index (χ2n) is 5.82. The number of nitrogens with zero attached hydrogens (tertiary/aromatic N) is 2. The second-order valence-corrected chi connectivity index (χ2v) is 5.82. The molecule has 1 aromatic rings. The Morgan fingerprint density at radius 1 is 1.45 bits per heavy atom. The molecule has 1 unspecified atom stereocenters. The molecule has 5 nitrogen and oxygen atoms in total. The fourth-order valence-electron chi connectivity index (χ4n) is 2.56. The van der Waals surface area contributed by atoms with Crippen molar-refractivity contribution in [3.8, 4) is 0 Å². The van der Waals surface area contributed by atoms with Gasteiger partial charge in [0.2, 0.25) is 5.91 Å². The summed E-state index contributed by atoms with van der Waals surface area (Å²) in [6.45, 7) is 3.45. The Morgan fingerprint density at radius 2 is 2.15 bits per heavy atom. The number of carbonyl (C=O) groups is 1. The van der Waals surface area contributed by atoms with Crippen molar-refractivity contribution in [3.63, 3.8) is 0 Å². The molecule has 0 aromatic carbocycles. The summed E-state index contributed by atoms with van der Waals surface area (Å²) in [4.78, 5) is 16.0. The molecule has 112 valence electrons. The largest absolute Gasteiger partial charge is 0.464 e. The molecule has 0 saturated heterocycles. The Kier molecular flexibility index (Phi) is 4.83. The molecule has 2 rings (SSSR count). The highest BCUT2D eigenvalue weighted by atomic mass is 16.3. The maximum Gasteiger partial charge on any atom is 0.236 e. The van der Waals surface area contributed by atoms with Gasteiger partial charge in [0.15, 0.2) is 0 Å². The third-order valence-corrected chi connectivity index (χ3v) is 3.97. The summed E-state index contributed by atoms with van der Waals surface area (Å²) in [5, 5.41) is 0. The minimum Gasteiger partial charge on any atom is -0.464 e. The van der Waals surface area contributed by atoms with E-state index in [1.807, 2.05) is 33.2 Å². The first-order valence-electron chi connectivity index (χ1n) is 7.21. The van der Waals surface area contributed by atoms with E-state index in [-0.39, 0.29) is 5.91 Å². The van der Waals surface area contributed by atoms with Gasteiger partial charge < -0.3 is 15.1 Å². The predicted molar refractivity (Wildman–Crippen MR) is 78.1 cm³/mol. The van der Waals surface area contributed by atoms with Gasteiger partial charge in [0, 0.05) is 19.6 Å². The number of likely N-dealkylation sites (N-methyl/N-ethyl adjacent to an activating group) is 2. The zero-order valence-electron chi connectivity index (χ0n) is 12.6. The van der Waals surface area contributed by atoms with E-state index >= 15 is 0 Å². The number of hydrogen-bond acceptors (Lipinski definition) is 4. The Balaban J connectivity index is 1.83. The summed E-state index contributed by atoms with van der Waals surface area (Å²) in [6.07, 6.45) is 2.48. The smallest absolute Gasteiger partial charge is 0.236 e. The summed E-state index contributed by atoms with van der Waals surface area (Å²) in [6, 6.07) is 4.16. The van der Waals surface area contributed by atoms with Gasteiger partial charge in [-0.2, -0.15) is 0 Å². The van der Waals surface area contributed by atoms with Crippen molar-refractivity contribution in [2.75, 3.05) is 27.2 Å². The quantitative estimate of drug-likeness (QED) is 0.815. The number of amides is 1. The Morgan fingerprint density at radius 3 is 2.65 bits per heavy atom. The summed E-state index contributed by atoms with van der Waals surface area (Å²) in [7, 11) is 3.79. The van der Waals surface area contributed by atoms with Crippen molar-refractivity contribution in [2.24, 2.45) is 11.7 Å². The molecular weight excluding hydrogens is 254 g/mol. The van der Waals surface area contributed by atoms with Crippen molar-refractivity contribution in [2.45, 2.75) is 32.4 Å². The topological polar surface area (TPSA) is 62.7 Å². The highest BCUT2D eigenvalue weighted by molar-refractivity contribution is 5.77. The molecule has 2 N–H and O–H groups in total. The maximum absolute atomic E-state index is 12.2. The van der Waals surface area contributed by atoms with Crippen LogP contribution in [0, 0.1) is 12.8 Å². The van der Waals surface area contributed by atoms with Crippen molar-refractivity contribution < 1.29 is 9.21 Å². The third kappa shape index (κ3) is 3.84. The Hall–Kier alpha value is -1.33. The summed E-state index contributed by atoms with van der Waals surface area (Å²) >= 11 is 0. The van der Waals surface area contributed by atoms with E-state index < -0.39 is 0 Å². The first-order valence-corrected chi connectivity index (χ1v) is 7.21. The minimum atomic E-state index is 0.0978. The fraction of sp³-hybridized carbons (Fsp3) is 0.667. The van der Waals surface area contributed by atoms with E-state index in [1.165, 1.54) is 12.8 Å². The molecule has 1 fully saturated rings. The molecule has 1 atom stereocenters. The zero-order chi connectivity index (χ0) is 14.7. The van der Waals surface area contributed by atoms with Crippen LogP contribution in [0.1, 0.15) is 24.4 Å². The molecule has 1 amide bonds. The van der Waals surface area contributed by atoms with Gasteiger partial charge in [0.25, 0.3) is 0 Å². The minimum absolute atomic E-state index is 0.0978. The van der Waals surface area contributed by atoms with Crippen LogP contribution in [0.2, 0.25) is 0 Å². The van der Waals surface area contributed by atoms with Crippen LogP contribution < -0.4 is 5.73 Å². The van der Waals surface area contributed by atoms with Crippen molar-refractivity contribution in [3.05, 3.63) is 23.7 Å². The number of aryl methyl sites for hydroxylation is 1. The molecule has 1 heterocycles. The first kappa shape index (κ1) is 15.1. The fourth-order valence-corrected chi connectivity index (χ4v) is 2.56. The van der Waals surface area contributed by atoms with Gasteiger partial charge >= 0.3 is 0 Å². The third-order valence-electron chi connectivity index (χ3n) is 3.97. The van der Waals surface area contributed by atoms with Gasteiger partial charge in [-0.15, -0.1) is 0 Å². The van der Waals surface area contributed by atoms with E-state index in [0.29, 0.717) is 31.6 Å². The van der Waals surface area contributed by atoms with Gasteiger partial charge in [0.05, 0.1) is 13.1 Å². The molecule has 5 heteroatoms. The Bertz CT molecular complexity index is 454.